The molecule has 1 atom stereocenters. The maximum Gasteiger partial charge on any atom is 0.208 e. The van der Waals surface area contributed by atoms with Crippen LogP contribution in [-0.2, 0) is 22.8 Å². The van der Waals surface area contributed by atoms with Gasteiger partial charge in [0.05, 0.1) is 25.6 Å². The van der Waals surface area contributed by atoms with Gasteiger partial charge in [-0.3, -0.25) is 0 Å². The van der Waals surface area contributed by atoms with Crippen molar-refractivity contribution in [2.45, 2.75) is 51.8 Å². The van der Waals surface area contributed by atoms with Gasteiger partial charge in [-0.15, -0.1) is 0 Å². The molecule has 166 valence electrons. The lowest BCUT2D eigenvalue weighted by Gasteiger charge is -2.32. The van der Waals surface area contributed by atoms with E-state index in [-0.39, 0.29) is 0 Å². The fourth-order valence-electron chi connectivity index (χ4n) is 3.81. The van der Waals surface area contributed by atoms with E-state index in [0.29, 0.717) is 6.61 Å². The number of imidazole rings is 1. The van der Waals surface area contributed by atoms with Gasteiger partial charge in [-0.25, -0.2) is 4.98 Å². The van der Waals surface area contributed by atoms with Gasteiger partial charge >= 0.3 is 0 Å². The predicted octanol–water partition coefficient (Wildman–Crippen LogP) is 6.33. The van der Waals surface area contributed by atoms with Crippen LogP contribution in [-0.4, -0.2) is 25.0 Å². The summed E-state index contributed by atoms with van der Waals surface area (Å²) in [7, 11) is 1.80. The standard InChI is InChI=1S/C25H34N2O3Si/c1-6-31(7-2,8-3)30-25(29-19-20-12-10-9-11-13-20)24-26-18-23(27(24)4)21-14-16-22(28-5)17-15-21/h9-18,25H,6-8,19H2,1-5H3. The second-order valence-electron chi connectivity index (χ2n) is 7.78. The SMILES string of the molecule is CC[Si](CC)(CC)OC(OCc1ccccc1)c1ncc(-c2ccc(OC)cc2)n1C. The number of aromatic nitrogens is 2. The smallest absolute Gasteiger partial charge is 0.208 e. The molecule has 5 nitrogen and oxygen atoms in total. The Kier molecular flexibility index (Phi) is 8.07. The van der Waals surface area contributed by atoms with E-state index in [1.54, 1.807) is 7.11 Å². The predicted molar refractivity (Wildman–Crippen MR) is 127 cm³/mol. The maximum atomic E-state index is 6.77. The van der Waals surface area contributed by atoms with Gasteiger partial charge in [0.25, 0.3) is 0 Å². The van der Waals surface area contributed by atoms with Crippen molar-refractivity contribution in [2.75, 3.05) is 7.11 Å². The Labute approximate surface area is 187 Å². The van der Waals surface area contributed by atoms with Crippen LogP contribution >= 0.6 is 0 Å². The summed E-state index contributed by atoms with van der Waals surface area (Å²) in [6.07, 6.45) is 1.40. The molecule has 31 heavy (non-hydrogen) atoms. The first-order chi connectivity index (χ1) is 15.1. The third-order valence-corrected chi connectivity index (χ3v) is 10.7. The van der Waals surface area contributed by atoms with Crippen LogP contribution in [0.15, 0.2) is 60.8 Å². The lowest BCUT2D eigenvalue weighted by atomic mass is 10.1. The highest BCUT2D eigenvalue weighted by Gasteiger charge is 2.35. The molecule has 3 aromatic rings. The van der Waals surface area contributed by atoms with Gasteiger partial charge in [-0.2, -0.15) is 0 Å². The van der Waals surface area contributed by atoms with E-state index in [2.05, 4.69) is 37.5 Å². The number of nitrogens with zero attached hydrogens (tertiary/aromatic N) is 2. The minimum absolute atomic E-state index is 0.484. The Bertz CT molecular complexity index is 929. The van der Waals surface area contributed by atoms with E-state index in [4.69, 9.17) is 18.9 Å². The molecule has 0 aliphatic heterocycles. The molecule has 1 aromatic heterocycles. The van der Waals surface area contributed by atoms with Gasteiger partial charge in [0.15, 0.2) is 14.1 Å². The zero-order valence-electron chi connectivity index (χ0n) is 19.3. The molecule has 1 unspecified atom stereocenters. The van der Waals surface area contributed by atoms with E-state index in [1.165, 1.54) is 0 Å². The zero-order valence-corrected chi connectivity index (χ0v) is 20.3. The first kappa shape index (κ1) is 23.3. The quantitative estimate of drug-likeness (QED) is 0.259. The van der Waals surface area contributed by atoms with Crippen molar-refractivity contribution < 1.29 is 13.9 Å². The Balaban J connectivity index is 1.91. The van der Waals surface area contributed by atoms with Crippen LogP contribution in [0.5, 0.6) is 5.75 Å². The molecule has 0 amide bonds. The van der Waals surface area contributed by atoms with Crippen LogP contribution in [0.25, 0.3) is 11.3 Å². The van der Waals surface area contributed by atoms with Gasteiger partial charge in [0, 0.05) is 12.6 Å². The molecule has 0 saturated heterocycles. The Hall–Kier alpha value is -2.41. The number of hydrogen-bond acceptors (Lipinski definition) is 4. The van der Waals surface area contributed by atoms with Crippen molar-refractivity contribution in [3.05, 3.63) is 72.2 Å². The summed E-state index contributed by atoms with van der Waals surface area (Å²) in [5, 5.41) is 0. The summed E-state index contributed by atoms with van der Waals surface area (Å²) < 4.78 is 20.5. The molecule has 0 spiro atoms. The largest absolute Gasteiger partial charge is 0.497 e. The van der Waals surface area contributed by atoms with Gasteiger partial charge in [0.2, 0.25) is 6.29 Å². The number of methoxy groups -OCH3 is 1. The van der Waals surface area contributed by atoms with Crippen LogP contribution in [0, 0.1) is 0 Å². The lowest BCUT2D eigenvalue weighted by molar-refractivity contribution is -0.107. The normalized spacial score (nSPS) is 12.7. The van der Waals surface area contributed by atoms with Crippen molar-refractivity contribution in [3.8, 4) is 17.0 Å². The summed E-state index contributed by atoms with van der Waals surface area (Å²) in [6, 6.07) is 21.4. The fourth-order valence-corrected chi connectivity index (χ4v) is 6.43. The minimum Gasteiger partial charge on any atom is -0.497 e. The second kappa shape index (κ2) is 10.8. The van der Waals surface area contributed by atoms with E-state index in [9.17, 15) is 0 Å². The van der Waals surface area contributed by atoms with Crippen molar-refractivity contribution in [1.29, 1.82) is 0 Å². The molecule has 6 heteroatoms. The second-order valence-corrected chi connectivity index (χ2v) is 12.5. The molecule has 0 radical (unpaired) electrons. The van der Waals surface area contributed by atoms with Crippen molar-refractivity contribution >= 4 is 8.32 Å². The zero-order chi connectivity index (χ0) is 22.3. The molecule has 0 bridgehead atoms. The minimum atomic E-state index is -1.90. The van der Waals surface area contributed by atoms with Gasteiger partial charge in [0.1, 0.15) is 5.75 Å². The molecule has 0 fully saturated rings. The fraction of sp³-hybridized carbons (Fsp3) is 0.400. The molecule has 1 heterocycles. The average molecular weight is 439 g/mol. The first-order valence-electron chi connectivity index (χ1n) is 11.0. The van der Waals surface area contributed by atoms with E-state index in [1.807, 2.05) is 55.7 Å². The summed E-state index contributed by atoms with van der Waals surface area (Å²) >= 11 is 0. The molecular weight excluding hydrogens is 404 g/mol. The third kappa shape index (κ3) is 5.45. The highest BCUT2D eigenvalue weighted by atomic mass is 28.4. The number of benzene rings is 2. The first-order valence-corrected chi connectivity index (χ1v) is 13.6. The topological polar surface area (TPSA) is 45.5 Å². The van der Waals surface area contributed by atoms with Crippen LogP contribution in [0.2, 0.25) is 18.1 Å². The summed E-state index contributed by atoms with van der Waals surface area (Å²) in [5.74, 6) is 1.64. The molecule has 0 N–H and O–H groups in total. The molecule has 2 aromatic carbocycles. The summed E-state index contributed by atoms with van der Waals surface area (Å²) in [4.78, 5) is 4.74. The van der Waals surface area contributed by atoms with Crippen molar-refractivity contribution in [1.82, 2.24) is 9.55 Å². The summed E-state index contributed by atoms with van der Waals surface area (Å²) in [5.41, 5.74) is 3.22. The molecule has 0 aliphatic rings. The highest BCUT2D eigenvalue weighted by molar-refractivity contribution is 6.73. The number of ether oxygens (including phenoxy) is 2. The van der Waals surface area contributed by atoms with Crippen LogP contribution in [0.1, 0.15) is 38.4 Å². The molecule has 3 rings (SSSR count). The average Bonchev–Trinajstić information content (AvgIpc) is 3.21. The van der Waals surface area contributed by atoms with Crippen LogP contribution in [0.4, 0.5) is 0 Å². The van der Waals surface area contributed by atoms with Gasteiger partial charge in [-0.1, -0.05) is 51.1 Å². The van der Waals surface area contributed by atoms with Gasteiger partial charge in [-0.05, 0) is 48.0 Å². The number of rotatable bonds is 11. The Morgan fingerprint density at radius 2 is 1.58 bits per heavy atom. The van der Waals surface area contributed by atoms with E-state index < -0.39 is 14.6 Å². The summed E-state index contributed by atoms with van der Waals surface area (Å²) in [6.45, 7) is 7.18. The molecule has 0 aliphatic carbocycles. The molecular formula is C25H34N2O3Si. The lowest BCUT2D eigenvalue weighted by Crippen LogP contribution is -2.38. The monoisotopic (exact) mass is 438 g/mol. The third-order valence-electron chi connectivity index (χ3n) is 6.15. The van der Waals surface area contributed by atoms with Crippen LogP contribution < -0.4 is 4.74 Å². The Morgan fingerprint density at radius 3 is 2.16 bits per heavy atom. The van der Waals surface area contributed by atoms with Crippen LogP contribution in [0.3, 0.4) is 0 Å². The van der Waals surface area contributed by atoms with E-state index in [0.717, 1.165) is 46.5 Å². The molecule has 0 saturated carbocycles. The van der Waals surface area contributed by atoms with Crippen molar-refractivity contribution in [3.63, 3.8) is 0 Å². The highest BCUT2D eigenvalue weighted by Crippen LogP contribution is 2.32. The van der Waals surface area contributed by atoms with E-state index >= 15 is 0 Å². The maximum absolute atomic E-state index is 6.77. The Morgan fingerprint density at radius 1 is 0.935 bits per heavy atom. The van der Waals surface area contributed by atoms with Gasteiger partial charge < -0.3 is 18.5 Å². The van der Waals surface area contributed by atoms with Crippen molar-refractivity contribution in [2.24, 2.45) is 7.05 Å². The number of hydrogen-bond donors (Lipinski definition) is 0.